The molecule has 0 heterocycles. The number of anilines is 1. The molecule has 0 bridgehead atoms. The molecule has 0 spiro atoms. The predicted molar refractivity (Wildman–Crippen MR) is 86.4 cm³/mol. The van der Waals surface area contributed by atoms with E-state index in [4.69, 9.17) is 5.14 Å². The van der Waals surface area contributed by atoms with Crippen LogP contribution in [0.5, 0.6) is 0 Å². The number of aldehydes is 1. The highest BCUT2D eigenvalue weighted by atomic mass is 32.2. The second kappa shape index (κ2) is 6.72. The first kappa shape index (κ1) is 16.2. The third-order valence-corrected chi connectivity index (χ3v) is 4.29. The highest BCUT2D eigenvalue weighted by molar-refractivity contribution is 7.89. The van der Waals surface area contributed by atoms with E-state index in [1.165, 1.54) is 6.07 Å². The Labute approximate surface area is 130 Å². The molecule has 0 unspecified atom stereocenters. The summed E-state index contributed by atoms with van der Waals surface area (Å²) in [6.45, 7) is 3.32. The van der Waals surface area contributed by atoms with Crippen molar-refractivity contribution in [3.05, 3.63) is 59.7 Å². The lowest BCUT2D eigenvalue weighted by atomic mass is 10.1. The monoisotopic (exact) mass is 318 g/mol. The van der Waals surface area contributed by atoms with E-state index in [1.54, 1.807) is 24.3 Å². The van der Waals surface area contributed by atoms with E-state index < -0.39 is 10.0 Å². The van der Waals surface area contributed by atoms with Crippen molar-refractivity contribution in [1.82, 2.24) is 0 Å². The molecule has 22 heavy (non-hydrogen) atoms. The van der Waals surface area contributed by atoms with Gasteiger partial charge in [0.25, 0.3) is 0 Å². The van der Waals surface area contributed by atoms with Crippen LogP contribution >= 0.6 is 0 Å². The Morgan fingerprint density at radius 1 is 1.14 bits per heavy atom. The summed E-state index contributed by atoms with van der Waals surface area (Å²) < 4.78 is 22.8. The van der Waals surface area contributed by atoms with Gasteiger partial charge in [-0.25, -0.2) is 13.6 Å². The van der Waals surface area contributed by atoms with E-state index in [0.29, 0.717) is 12.1 Å². The van der Waals surface area contributed by atoms with Crippen LogP contribution in [-0.4, -0.2) is 21.2 Å². The number of rotatable bonds is 6. The van der Waals surface area contributed by atoms with Crippen LogP contribution < -0.4 is 10.0 Å². The SMILES string of the molecule is CCN(Cc1cccc(S(N)(=O)=O)c1)c1ccc(C=O)cc1. The van der Waals surface area contributed by atoms with Crippen molar-refractivity contribution in [2.45, 2.75) is 18.4 Å². The average molecular weight is 318 g/mol. The lowest BCUT2D eigenvalue weighted by Gasteiger charge is -2.23. The molecule has 0 saturated heterocycles. The third kappa shape index (κ3) is 3.93. The van der Waals surface area contributed by atoms with E-state index in [9.17, 15) is 13.2 Å². The van der Waals surface area contributed by atoms with Crippen LogP contribution in [0.15, 0.2) is 53.4 Å². The molecule has 0 amide bonds. The summed E-state index contributed by atoms with van der Waals surface area (Å²) >= 11 is 0. The second-order valence-electron chi connectivity index (χ2n) is 4.92. The molecule has 0 radical (unpaired) electrons. The van der Waals surface area contributed by atoms with E-state index in [-0.39, 0.29) is 4.90 Å². The van der Waals surface area contributed by atoms with Gasteiger partial charge in [-0.15, -0.1) is 0 Å². The molecule has 2 aromatic carbocycles. The molecule has 0 atom stereocenters. The Kier molecular flexibility index (Phi) is 4.95. The fourth-order valence-electron chi connectivity index (χ4n) is 2.19. The topological polar surface area (TPSA) is 80.5 Å². The highest BCUT2D eigenvalue weighted by Crippen LogP contribution is 2.19. The van der Waals surface area contributed by atoms with Gasteiger partial charge in [0.05, 0.1) is 4.90 Å². The minimum Gasteiger partial charge on any atom is -0.367 e. The molecule has 0 aliphatic heterocycles. The van der Waals surface area contributed by atoms with Crippen molar-refractivity contribution in [3.8, 4) is 0 Å². The zero-order valence-corrected chi connectivity index (χ0v) is 13.1. The Morgan fingerprint density at radius 3 is 2.36 bits per heavy atom. The summed E-state index contributed by atoms with van der Waals surface area (Å²) in [5.41, 5.74) is 2.44. The van der Waals surface area contributed by atoms with Gasteiger partial charge in [-0.1, -0.05) is 12.1 Å². The zero-order valence-electron chi connectivity index (χ0n) is 12.3. The van der Waals surface area contributed by atoms with Crippen molar-refractivity contribution >= 4 is 22.0 Å². The Balaban J connectivity index is 2.24. The van der Waals surface area contributed by atoms with Crippen molar-refractivity contribution in [2.24, 2.45) is 5.14 Å². The molecule has 6 heteroatoms. The smallest absolute Gasteiger partial charge is 0.238 e. The van der Waals surface area contributed by atoms with Gasteiger partial charge in [0.1, 0.15) is 6.29 Å². The second-order valence-corrected chi connectivity index (χ2v) is 6.48. The maximum absolute atomic E-state index is 11.4. The largest absolute Gasteiger partial charge is 0.367 e. The van der Waals surface area contributed by atoms with Crippen molar-refractivity contribution in [1.29, 1.82) is 0 Å². The first-order valence-electron chi connectivity index (χ1n) is 6.86. The van der Waals surface area contributed by atoms with Gasteiger partial charge in [-0.3, -0.25) is 4.79 Å². The molecule has 0 aromatic heterocycles. The minimum atomic E-state index is -3.70. The Bertz CT molecular complexity index is 755. The standard InChI is InChI=1S/C16H18N2O3S/c1-2-18(15-8-6-13(12-19)7-9-15)11-14-4-3-5-16(10-14)22(17,20)21/h3-10,12H,2,11H2,1H3,(H2,17,20,21). The van der Waals surface area contributed by atoms with Crippen LogP contribution in [0, 0.1) is 0 Å². The molecule has 0 saturated carbocycles. The molecular formula is C16H18N2O3S. The summed E-state index contributed by atoms with van der Waals surface area (Å²) in [7, 11) is -3.70. The summed E-state index contributed by atoms with van der Waals surface area (Å²) in [5, 5.41) is 5.16. The summed E-state index contributed by atoms with van der Waals surface area (Å²) in [4.78, 5) is 12.9. The lowest BCUT2D eigenvalue weighted by molar-refractivity contribution is 0.112. The quantitative estimate of drug-likeness (QED) is 0.828. The van der Waals surface area contributed by atoms with Gasteiger partial charge in [-0.05, 0) is 48.9 Å². The maximum Gasteiger partial charge on any atom is 0.238 e. The van der Waals surface area contributed by atoms with Gasteiger partial charge in [0.2, 0.25) is 10.0 Å². The number of nitrogens with two attached hydrogens (primary N) is 1. The fourth-order valence-corrected chi connectivity index (χ4v) is 2.77. The molecule has 0 fully saturated rings. The molecule has 0 aliphatic carbocycles. The zero-order chi connectivity index (χ0) is 16.2. The first-order chi connectivity index (χ1) is 10.4. The van der Waals surface area contributed by atoms with Crippen LogP contribution in [0.4, 0.5) is 5.69 Å². The van der Waals surface area contributed by atoms with Crippen LogP contribution in [0.1, 0.15) is 22.8 Å². The number of hydrogen-bond acceptors (Lipinski definition) is 4. The Morgan fingerprint density at radius 2 is 1.82 bits per heavy atom. The molecule has 2 N–H and O–H groups in total. The summed E-state index contributed by atoms with van der Waals surface area (Å²) in [5.74, 6) is 0. The third-order valence-electron chi connectivity index (χ3n) is 3.38. The Hall–Kier alpha value is -2.18. The van der Waals surface area contributed by atoms with Gasteiger partial charge in [0, 0.05) is 24.3 Å². The highest BCUT2D eigenvalue weighted by Gasteiger charge is 2.10. The number of benzene rings is 2. The van der Waals surface area contributed by atoms with Crippen LogP contribution in [-0.2, 0) is 16.6 Å². The molecule has 0 aliphatic rings. The molecule has 2 aromatic rings. The fraction of sp³-hybridized carbons (Fsp3) is 0.188. The van der Waals surface area contributed by atoms with Crippen molar-refractivity contribution in [2.75, 3.05) is 11.4 Å². The van der Waals surface area contributed by atoms with Gasteiger partial charge in [0.15, 0.2) is 0 Å². The maximum atomic E-state index is 11.4. The minimum absolute atomic E-state index is 0.109. The molecule has 116 valence electrons. The van der Waals surface area contributed by atoms with Crippen LogP contribution in [0.2, 0.25) is 0 Å². The van der Waals surface area contributed by atoms with Crippen molar-refractivity contribution < 1.29 is 13.2 Å². The van der Waals surface area contributed by atoms with Gasteiger partial charge < -0.3 is 4.90 Å². The number of hydrogen-bond donors (Lipinski definition) is 1. The van der Waals surface area contributed by atoms with Crippen LogP contribution in [0.3, 0.4) is 0 Å². The number of nitrogens with zero attached hydrogens (tertiary/aromatic N) is 1. The normalized spacial score (nSPS) is 11.2. The molecular weight excluding hydrogens is 300 g/mol. The first-order valence-corrected chi connectivity index (χ1v) is 8.40. The number of sulfonamides is 1. The van der Waals surface area contributed by atoms with Crippen LogP contribution in [0.25, 0.3) is 0 Å². The van der Waals surface area contributed by atoms with E-state index >= 15 is 0 Å². The number of carbonyl (C=O) groups excluding carboxylic acids is 1. The van der Waals surface area contributed by atoms with E-state index in [2.05, 4.69) is 4.90 Å². The van der Waals surface area contributed by atoms with E-state index in [1.807, 2.05) is 25.1 Å². The van der Waals surface area contributed by atoms with E-state index in [0.717, 1.165) is 24.1 Å². The van der Waals surface area contributed by atoms with Gasteiger partial charge in [-0.2, -0.15) is 0 Å². The summed E-state index contributed by atoms with van der Waals surface area (Å²) in [6, 6.07) is 13.9. The number of carbonyl (C=O) groups is 1. The predicted octanol–water partition coefficient (Wildman–Crippen LogP) is 2.17. The summed E-state index contributed by atoms with van der Waals surface area (Å²) in [6.07, 6.45) is 0.801. The van der Waals surface area contributed by atoms with Crippen molar-refractivity contribution in [3.63, 3.8) is 0 Å². The average Bonchev–Trinajstić information content (AvgIpc) is 2.52. The molecule has 5 nitrogen and oxygen atoms in total. The molecule has 2 rings (SSSR count). The lowest BCUT2D eigenvalue weighted by Crippen LogP contribution is -2.22. The van der Waals surface area contributed by atoms with Gasteiger partial charge >= 0.3 is 0 Å². The number of primary sulfonamides is 1.